The summed E-state index contributed by atoms with van der Waals surface area (Å²) in [6, 6.07) is 11.9. The SMILES string of the molecule is C[C@H](NC(=O)OCc1ccccc1)c1nc2ccc(C(F)(F)F)cc2[nH]1. The van der Waals surface area contributed by atoms with Crippen LogP contribution in [0.25, 0.3) is 11.0 Å². The lowest BCUT2D eigenvalue weighted by molar-refractivity contribution is -0.137. The van der Waals surface area contributed by atoms with E-state index in [-0.39, 0.29) is 12.1 Å². The third-order valence-corrected chi connectivity index (χ3v) is 3.78. The maximum Gasteiger partial charge on any atom is 0.416 e. The Balaban J connectivity index is 1.65. The molecule has 1 aromatic heterocycles. The van der Waals surface area contributed by atoms with Gasteiger partial charge < -0.3 is 15.0 Å². The third-order valence-electron chi connectivity index (χ3n) is 3.78. The van der Waals surface area contributed by atoms with Crippen LogP contribution in [0.15, 0.2) is 48.5 Å². The normalized spacial score (nSPS) is 12.8. The van der Waals surface area contributed by atoms with Crippen LogP contribution >= 0.6 is 0 Å². The number of ether oxygens (including phenoxy) is 1. The monoisotopic (exact) mass is 363 g/mol. The van der Waals surface area contributed by atoms with Gasteiger partial charge in [0.1, 0.15) is 12.4 Å². The van der Waals surface area contributed by atoms with Crippen molar-refractivity contribution in [3.05, 3.63) is 65.5 Å². The average Bonchev–Trinajstić information content (AvgIpc) is 3.03. The fraction of sp³-hybridized carbons (Fsp3) is 0.222. The molecule has 1 amide bonds. The van der Waals surface area contributed by atoms with Crippen molar-refractivity contribution in [1.82, 2.24) is 15.3 Å². The van der Waals surface area contributed by atoms with Crippen molar-refractivity contribution in [2.24, 2.45) is 0 Å². The molecular weight excluding hydrogens is 347 g/mol. The number of fused-ring (bicyclic) bond motifs is 1. The van der Waals surface area contributed by atoms with Gasteiger partial charge in [-0.25, -0.2) is 9.78 Å². The maximum atomic E-state index is 12.8. The molecule has 0 bridgehead atoms. The Morgan fingerprint density at radius 2 is 1.96 bits per heavy atom. The van der Waals surface area contributed by atoms with Crippen LogP contribution < -0.4 is 5.32 Å². The predicted octanol–water partition coefficient (Wildman–Crippen LogP) is 4.57. The molecule has 8 heteroatoms. The Bertz CT molecular complexity index is 907. The number of amides is 1. The van der Waals surface area contributed by atoms with E-state index in [0.29, 0.717) is 11.3 Å². The zero-order chi connectivity index (χ0) is 18.7. The van der Waals surface area contributed by atoms with E-state index >= 15 is 0 Å². The molecule has 0 fully saturated rings. The second-order valence-electron chi connectivity index (χ2n) is 5.78. The molecule has 3 rings (SSSR count). The van der Waals surface area contributed by atoms with Crippen LogP contribution in [0.4, 0.5) is 18.0 Å². The van der Waals surface area contributed by atoms with E-state index in [0.717, 1.165) is 17.7 Å². The predicted molar refractivity (Wildman–Crippen MR) is 89.3 cm³/mol. The van der Waals surface area contributed by atoms with Crippen LogP contribution in [0.3, 0.4) is 0 Å². The van der Waals surface area contributed by atoms with Gasteiger partial charge in [0, 0.05) is 0 Å². The smallest absolute Gasteiger partial charge is 0.416 e. The van der Waals surface area contributed by atoms with Crippen molar-refractivity contribution in [3.8, 4) is 0 Å². The number of carbonyl (C=O) groups is 1. The number of aromatic amines is 1. The standard InChI is InChI=1S/C18H16F3N3O2/c1-11(22-17(25)26-10-12-5-3-2-4-6-12)16-23-14-8-7-13(18(19,20)21)9-15(14)24-16/h2-9,11H,10H2,1H3,(H,22,25)(H,23,24)/t11-/m0/s1. The second kappa shape index (κ2) is 7.07. The molecule has 0 aliphatic carbocycles. The van der Waals surface area contributed by atoms with E-state index in [4.69, 9.17) is 4.74 Å². The van der Waals surface area contributed by atoms with Gasteiger partial charge in [-0.1, -0.05) is 30.3 Å². The number of hydrogen-bond acceptors (Lipinski definition) is 3. The van der Waals surface area contributed by atoms with Crippen molar-refractivity contribution in [3.63, 3.8) is 0 Å². The van der Waals surface area contributed by atoms with E-state index in [9.17, 15) is 18.0 Å². The number of H-pyrrole nitrogens is 1. The number of carbonyl (C=O) groups excluding carboxylic acids is 1. The number of imidazole rings is 1. The van der Waals surface area contributed by atoms with Crippen molar-refractivity contribution < 1.29 is 22.7 Å². The molecule has 0 unspecified atom stereocenters. The Labute approximate surface area is 147 Å². The first-order chi connectivity index (χ1) is 12.3. The van der Waals surface area contributed by atoms with Gasteiger partial charge in [-0.15, -0.1) is 0 Å². The topological polar surface area (TPSA) is 67.0 Å². The number of hydrogen-bond donors (Lipinski definition) is 2. The van der Waals surface area contributed by atoms with E-state index in [1.165, 1.54) is 6.07 Å². The van der Waals surface area contributed by atoms with Crippen molar-refractivity contribution >= 4 is 17.1 Å². The molecule has 2 aromatic carbocycles. The van der Waals surface area contributed by atoms with Crippen LogP contribution in [-0.4, -0.2) is 16.1 Å². The molecular formula is C18H16F3N3O2. The number of aromatic nitrogens is 2. The number of nitrogens with one attached hydrogen (secondary N) is 2. The average molecular weight is 363 g/mol. The molecule has 3 aromatic rings. The summed E-state index contributed by atoms with van der Waals surface area (Å²) in [7, 11) is 0. The van der Waals surface area contributed by atoms with Crippen LogP contribution in [0.1, 0.15) is 29.9 Å². The zero-order valence-electron chi connectivity index (χ0n) is 13.8. The van der Waals surface area contributed by atoms with E-state index < -0.39 is 23.9 Å². The van der Waals surface area contributed by atoms with Crippen LogP contribution in [0.2, 0.25) is 0 Å². The number of nitrogens with zero attached hydrogens (tertiary/aromatic N) is 1. The molecule has 0 saturated carbocycles. The highest BCUT2D eigenvalue weighted by Crippen LogP contribution is 2.31. The summed E-state index contributed by atoms with van der Waals surface area (Å²) in [5.74, 6) is 0.344. The summed E-state index contributed by atoms with van der Waals surface area (Å²) in [5, 5.41) is 2.60. The molecule has 136 valence electrons. The lowest BCUT2D eigenvalue weighted by Gasteiger charge is -2.11. The first kappa shape index (κ1) is 17.8. The van der Waals surface area contributed by atoms with Gasteiger partial charge in [-0.3, -0.25) is 0 Å². The second-order valence-corrected chi connectivity index (χ2v) is 5.78. The number of alkyl carbamates (subject to hydrolysis) is 1. The van der Waals surface area contributed by atoms with Crippen molar-refractivity contribution in [2.75, 3.05) is 0 Å². The Hall–Kier alpha value is -3.03. The van der Waals surface area contributed by atoms with Gasteiger partial charge in [0.25, 0.3) is 0 Å². The molecule has 0 spiro atoms. The molecule has 26 heavy (non-hydrogen) atoms. The molecule has 2 N–H and O–H groups in total. The highest BCUT2D eigenvalue weighted by atomic mass is 19.4. The minimum atomic E-state index is -4.43. The Kier molecular flexibility index (Phi) is 4.83. The molecule has 0 saturated heterocycles. The quantitative estimate of drug-likeness (QED) is 0.714. The minimum Gasteiger partial charge on any atom is -0.445 e. The summed E-state index contributed by atoms with van der Waals surface area (Å²) < 4.78 is 43.4. The zero-order valence-corrected chi connectivity index (χ0v) is 13.8. The highest BCUT2D eigenvalue weighted by molar-refractivity contribution is 5.76. The van der Waals surface area contributed by atoms with E-state index in [1.807, 2.05) is 30.3 Å². The highest BCUT2D eigenvalue weighted by Gasteiger charge is 2.30. The lowest BCUT2D eigenvalue weighted by atomic mass is 10.2. The van der Waals surface area contributed by atoms with Gasteiger partial charge in [-0.2, -0.15) is 13.2 Å². The Morgan fingerprint density at radius 1 is 1.23 bits per heavy atom. The third kappa shape index (κ3) is 4.14. The van der Waals surface area contributed by atoms with Gasteiger partial charge in [0.2, 0.25) is 0 Å². The summed E-state index contributed by atoms with van der Waals surface area (Å²) in [4.78, 5) is 18.9. The fourth-order valence-corrected chi connectivity index (χ4v) is 2.42. The van der Waals surface area contributed by atoms with Gasteiger partial charge in [0.05, 0.1) is 22.6 Å². The Morgan fingerprint density at radius 3 is 2.65 bits per heavy atom. The number of halogens is 3. The minimum absolute atomic E-state index is 0.120. The summed E-state index contributed by atoms with van der Waals surface area (Å²) >= 11 is 0. The van der Waals surface area contributed by atoms with E-state index in [2.05, 4.69) is 15.3 Å². The molecule has 0 radical (unpaired) electrons. The maximum absolute atomic E-state index is 12.8. The van der Waals surface area contributed by atoms with Crippen LogP contribution in [0.5, 0.6) is 0 Å². The van der Waals surface area contributed by atoms with Crippen molar-refractivity contribution in [2.45, 2.75) is 25.7 Å². The van der Waals surface area contributed by atoms with Crippen LogP contribution in [0, 0.1) is 0 Å². The summed E-state index contributed by atoms with van der Waals surface area (Å²) in [6.45, 7) is 1.78. The largest absolute Gasteiger partial charge is 0.445 e. The fourth-order valence-electron chi connectivity index (χ4n) is 2.42. The van der Waals surface area contributed by atoms with Gasteiger partial charge >= 0.3 is 12.3 Å². The molecule has 0 aliphatic rings. The van der Waals surface area contributed by atoms with Gasteiger partial charge in [0.15, 0.2) is 0 Å². The number of alkyl halides is 3. The van der Waals surface area contributed by atoms with Crippen molar-refractivity contribution in [1.29, 1.82) is 0 Å². The lowest BCUT2D eigenvalue weighted by Crippen LogP contribution is -2.27. The number of rotatable bonds is 4. The molecule has 1 heterocycles. The molecule has 1 atom stereocenters. The van der Waals surface area contributed by atoms with Gasteiger partial charge in [-0.05, 0) is 30.7 Å². The first-order valence-corrected chi connectivity index (χ1v) is 7.87. The summed E-state index contributed by atoms with van der Waals surface area (Å²) in [5.41, 5.74) is 0.724. The number of benzene rings is 2. The molecule has 5 nitrogen and oxygen atoms in total. The van der Waals surface area contributed by atoms with Crippen LogP contribution in [-0.2, 0) is 17.5 Å². The van der Waals surface area contributed by atoms with E-state index in [1.54, 1.807) is 6.92 Å². The molecule has 0 aliphatic heterocycles. The first-order valence-electron chi connectivity index (χ1n) is 7.87. The summed E-state index contributed by atoms with van der Waals surface area (Å²) in [6.07, 6.45) is -5.07.